The normalized spacial score (nSPS) is 10.5. The van der Waals surface area contributed by atoms with Crippen LogP contribution >= 0.6 is 0 Å². The first kappa shape index (κ1) is 9.38. The predicted molar refractivity (Wildman–Crippen MR) is 51.7 cm³/mol. The first-order chi connectivity index (χ1) is 7.08. The molecule has 0 saturated heterocycles. The quantitative estimate of drug-likeness (QED) is 0.539. The van der Waals surface area contributed by atoms with Gasteiger partial charge in [-0.3, -0.25) is 4.68 Å². The molecule has 78 valence electrons. The Morgan fingerprint density at radius 1 is 1.47 bits per heavy atom. The molecule has 0 spiro atoms. The fourth-order valence-electron chi connectivity index (χ4n) is 1.29. The van der Waals surface area contributed by atoms with Gasteiger partial charge in [-0.05, 0) is 11.8 Å². The third kappa shape index (κ3) is 1.58. The van der Waals surface area contributed by atoms with Crippen molar-refractivity contribution in [2.45, 2.75) is 6.92 Å². The molecule has 7 nitrogen and oxygen atoms in total. The van der Waals surface area contributed by atoms with Crippen LogP contribution in [0.4, 0.5) is 5.82 Å². The van der Waals surface area contributed by atoms with E-state index in [2.05, 4.69) is 10.2 Å². The van der Waals surface area contributed by atoms with E-state index in [1.54, 1.807) is 37.2 Å². The van der Waals surface area contributed by atoms with Gasteiger partial charge in [0.05, 0.1) is 29.3 Å². The van der Waals surface area contributed by atoms with E-state index in [0.29, 0.717) is 11.3 Å². The summed E-state index contributed by atoms with van der Waals surface area (Å²) in [5, 5.41) is 18.4. The zero-order valence-corrected chi connectivity index (χ0v) is 8.28. The van der Waals surface area contributed by atoms with E-state index in [0.717, 1.165) is 0 Å². The molecule has 15 heavy (non-hydrogen) atoms. The van der Waals surface area contributed by atoms with Crippen LogP contribution in [0.15, 0.2) is 18.6 Å². The standard InChI is InChI=1S/C8H9N5O2/c1-6-4-12(10-8(6)13(14)15)7-3-9-11(2)5-7/h3-5H,1-2H3. The van der Waals surface area contributed by atoms with E-state index < -0.39 is 4.92 Å². The highest BCUT2D eigenvalue weighted by Gasteiger charge is 2.18. The number of hydrogen-bond acceptors (Lipinski definition) is 4. The summed E-state index contributed by atoms with van der Waals surface area (Å²) in [4.78, 5) is 10.1. The molecule has 2 rings (SSSR count). The molecule has 0 aromatic carbocycles. The topological polar surface area (TPSA) is 78.8 Å². The van der Waals surface area contributed by atoms with Crippen molar-refractivity contribution in [1.29, 1.82) is 0 Å². The number of nitrogens with zero attached hydrogens (tertiary/aromatic N) is 5. The van der Waals surface area contributed by atoms with Gasteiger partial charge in [0.15, 0.2) is 0 Å². The molecule has 0 bridgehead atoms. The van der Waals surface area contributed by atoms with Crippen LogP contribution in [0.2, 0.25) is 0 Å². The lowest BCUT2D eigenvalue weighted by molar-refractivity contribution is -0.390. The Morgan fingerprint density at radius 3 is 2.67 bits per heavy atom. The van der Waals surface area contributed by atoms with Gasteiger partial charge in [-0.1, -0.05) is 0 Å². The van der Waals surface area contributed by atoms with E-state index in [1.807, 2.05) is 0 Å². The van der Waals surface area contributed by atoms with E-state index in [4.69, 9.17) is 0 Å². The first-order valence-corrected chi connectivity index (χ1v) is 4.27. The van der Waals surface area contributed by atoms with Gasteiger partial charge in [0.25, 0.3) is 0 Å². The summed E-state index contributed by atoms with van der Waals surface area (Å²) >= 11 is 0. The number of nitro groups is 1. The fraction of sp³-hybridized carbons (Fsp3) is 0.250. The number of aromatic nitrogens is 4. The Labute approximate surface area is 85.1 Å². The molecule has 2 heterocycles. The van der Waals surface area contributed by atoms with Crippen LogP contribution in [0.5, 0.6) is 0 Å². The Bertz CT molecular complexity index is 513. The maximum atomic E-state index is 10.6. The van der Waals surface area contributed by atoms with Crippen LogP contribution in [0.25, 0.3) is 5.69 Å². The van der Waals surface area contributed by atoms with E-state index in [-0.39, 0.29) is 5.82 Å². The summed E-state index contributed by atoms with van der Waals surface area (Å²) in [7, 11) is 1.77. The molecule has 2 aromatic rings. The van der Waals surface area contributed by atoms with E-state index in [1.165, 1.54) is 4.68 Å². The monoisotopic (exact) mass is 207 g/mol. The number of aryl methyl sites for hydroxylation is 2. The average Bonchev–Trinajstić information content (AvgIpc) is 2.71. The van der Waals surface area contributed by atoms with Crippen molar-refractivity contribution in [3.05, 3.63) is 34.3 Å². The van der Waals surface area contributed by atoms with Gasteiger partial charge in [-0.15, -0.1) is 4.68 Å². The highest BCUT2D eigenvalue weighted by atomic mass is 16.6. The highest BCUT2D eigenvalue weighted by molar-refractivity contribution is 5.34. The van der Waals surface area contributed by atoms with Gasteiger partial charge in [-0.25, -0.2) is 0 Å². The van der Waals surface area contributed by atoms with Gasteiger partial charge >= 0.3 is 5.82 Å². The summed E-state index contributed by atoms with van der Waals surface area (Å²) in [5.41, 5.74) is 1.23. The summed E-state index contributed by atoms with van der Waals surface area (Å²) < 4.78 is 3.05. The predicted octanol–water partition coefficient (Wildman–Crippen LogP) is 0.822. The molecule has 2 aromatic heterocycles. The van der Waals surface area contributed by atoms with E-state index in [9.17, 15) is 10.1 Å². The molecule has 0 amide bonds. The summed E-state index contributed by atoms with van der Waals surface area (Å²) in [6, 6.07) is 0. The molecule has 0 radical (unpaired) electrons. The smallest absolute Gasteiger partial charge is 0.358 e. The third-order valence-electron chi connectivity index (χ3n) is 2.00. The average molecular weight is 207 g/mol. The minimum atomic E-state index is -0.498. The highest BCUT2D eigenvalue weighted by Crippen LogP contribution is 2.16. The van der Waals surface area contributed by atoms with Gasteiger partial charge in [0.1, 0.15) is 5.69 Å². The molecule has 0 aliphatic carbocycles. The summed E-state index contributed by atoms with van der Waals surface area (Å²) in [6.45, 7) is 1.65. The van der Waals surface area contributed by atoms with Crippen LogP contribution in [0, 0.1) is 17.0 Å². The molecule has 0 fully saturated rings. The SMILES string of the molecule is Cc1cn(-c2cnn(C)c2)nc1[N+](=O)[O-]. The second kappa shape index (κ2) is 3.19. The molecule has 0 aliphatic heterocycles. The van der Waals surface area contributed by atoms with Crippen LogP contribution in [-0.4, -0.2) is 24.5 Å². The van der Waals surface area contributed by atoms with Crippen molar-refractivity contribution >= 4 is 5.82 Å². The summed E-state index contributed by atoms with van der Waals surface area (Å²) in [5.74, 6) is -0.126. The van der Waals surface area contributed by atoms with Gasteiger partial charge in [0, 0.05) is 7.05 Å². The zero-order valence-electron chi connectivity index (χ0n) is 8.28. The van der Waals surface area contributed by atoms with Crippen LogP contribution in [0.3, 0.4) is 0 Å². The number of hydrogen-bond donors (Lipinski definition) is 0. The summed E-state index contributed by atoms with van der Waals surface area (Å²) in [6.07, 6.45) is 4.93. The van der Waals surface area contributed by atoms with Gasteiger partial charge in [0.2, 0.25) is 0 Å². The zero-order chi connectivity index (χ0) is 11.0. The van der Waals surface area contributed by atoms with Gasteiger partial charge in [-0.2, -0.15) is 5.10 Å². The van der Waals surface area contributed by atoms with Crippen molar-refractivity contribution in [3.63, 3.8) is 0 Å². The van der Waals surface area contributed by atoms with Crippen molar-refractivity contribution in [3.8, 4) is 5.69 Å². The van der Waals surface area contributed by atoms with Crippen molar-refractivity contribution in [2.24, 2.45) is 7.05 Å². The number of rotatable bonds is 2. The van der Waals surface area contributed by atoms with Crippen LogP contribution in [0.1, 0.15) is 5.56 Å². The molecule has 0 saturated carbocycles. The molecule has 0 aliphatic rings. The molecule has 0 N–H and O–H groups in total. The Balaban J connectivity index is 2.46. The van der Waals surface area contributed by atoms with Crippen molar-refractivity contribution < 1.29 is 4.92 Å². The van der Waals surface area contributed by atoms with Crippen molar-refractivity contribution in [1.82, 2.24) is 19.6 Å². The lowest BCUT2D eigenvalue weighted by atomic mass is 10.4. The lowest BCUT2D eigenvalue weighted by Crippen LogP contribution is -1.95. The lowest BCUT2D eigenvalue weighted by Gasteiger charge is -1.87. The van der Waals surface area contributed by atoms with Gasteiger partial charge < -0.3 is 10.1 Å². The molecular weight excluding hydrogens is 198 g/mol. The maximum absolute atomic E-state index is 10.6. The maximum Gasteiger partial charge on any atom is 0.393 e. The largest absolute Gasteiger partial charge is 0.393 e. The minimum absolute atomic E-state index is 0.126. The molecule has 7 heteroatoms. The van der Waals surface area contributed by atoms with Crippen LogP contribution in [-0.2, 0) is 7.05 Å². The molecule has 0 unspecified atom stereocenters. The Hall–Kier alpha value is -2.18. The second-order valence-corrected chi connectivity index (χ2v) is 3.21. The van der Waals surface area contributed by atoms with Crippen molar-refractivity contribution in [2.75, 3.05) is 0 Å². The Kier molecular flexibility index (Phi) is 2.00. The minimum Gasteiger partial charge on any atom is -0.358 e. The molecule has 0 atom stereocenters. The Morgan fingerprint density at radius 2 is 2.20 bits per heavy atom. The fourth-order valence-corrected chi connectivity index (χ4v) is 1.29. The van der Waals surface area contributed by atoms with Crippen LogP contribution < -0.4 is 0 Å². The molecular formula is C8H9N5O2. The third-order valence-corrected chi connectivity index (χ3v) is 2.00. The second-order valence-electron chi connectivity index (χ2n) is 3.21. The first-order valence-electron chi connectivity index (χ1n) is 4.27. The van der Waals surface area contributed by atoms with E-state index >= 15 is 0 Å².